The van der Waals surface area contributed by atoms with E-state index in [1.807, 2.05) is 34.6 Å². The van der Waals surface area contributed by atoms with Crippen LogP contribution in [0.4, 0.5) is 4.79 Å². The first-order valence-corrected chi connectivity index (χ1v) is 6.49. The molecular formula is C13H25NO4. The Morgan fingerprint density at radius 2 is 2.06 bits per heavy atom. The van der Waals surface area contributed by atoms with Crippen LogP contribution in [0.5, 0.6) is 0 Å². The molecule has 0 spiro atoms. The number of rotatable bonds is 3. The zero-order valence-corrected chi connectivity index (χ0v) is 12.0. The molecule has 0 aromatic heterocycles. The molecule has 1 heterocycles. The summed E-state index contributed by atoms with van der Waals surface area (Å²) in [6, 6.07) is -0.205. The zero-order chi connectivity index (χ0) is 13.9. The summed E-state index contributed by atoms with van der Waals surface area (Å²) in [4.78, 5) is 13.6. The molecule has 0 radical (unpaired) electrons. The van der Waals surface area contributed by atoms with Gasteiger partial charge in [0.1, 0.15) is 5.60 Å². The van der Waals surface area contributed by atoms with Gasteiger partial charge in [0.25, 0.3) is 0 Å². The summed E-state index contributed by atoms with van der Waals surface area (Å²) >= 11 is 0. The molecule has 1 rings (SSSR count). The first-order valence-electron chi connectivity index (χ1n) is 6.49. The largest absolute Gasteiger partial charge is 0.444 e. The van der Waals surface area contributed by atoms with Gasteiger partial charge in [-0.1, -0.05) is 0 Å². The Bertz CT molecular complexity index is 285. The number of carbonyl (C=O) groups is 1. The van der Waals surface area contributed by atoms with E-state index in [1.165, 1.54) is 0 Å². The summed E-state index contributed by atoms with van der Waals surface area (Å²) < 4.78 is 11.0. The van der Waals surface area contributed by atoms with Gasteiger partial charge in [-0.05, 0) is 41.0 Å². The van der Waals surface area contributed by atoms with Gasteiger partial charge in [0, 0.05) is 0 Å². The number of nitrogens with zero attached hydrogens (tertiary/aromatic N) is 1. The molecule has 106 valence electrons. The first-order chi connectivity index (χ1) is 8.23. The van der Waals surface area contributed by atoms with Crippen molar-refractivity contribution in [2.24, 2.45) is 0 Å². The van der Waals surface area contributed by atoms with Crippen molar-refractivity contribution >= 4 is 6.09 Å². The molecule has 2 atom stereocenters. The number of ether oxygens (including phenoxy) is 2. The number of likely N-dealkylation sites (tertiary alicyclic amines) is 1. The normalized spacial score (nSPS) is 24.7. The van der Waals surface area contributed by atoms with Gasteiger partial charge in [-0.25, -0.2) is 4.79 Å². The minimum absolute atomic E-state index is 0.0188. The Morgan fingerprint density at radius 3 is 2.50 bits per heavy atom. The maximum Gasteiger partial charge on any atom is 0.410 e. The van der Waals surface area contributed by atoms with Crippen LogP contribution < -0.4 is 0 Å². The molecule has 0 unspecified atom stereocenters. The van der Waals surface area contributed by atoms with Crippen LogP contribution in [0.1, 0.15) is 41.0 Å². The van der Waals surface area contributed by atoms with Crippen LogP contribution in [0.15, 0.2) is 0 Å². The van der Waals surface area contributed by atoms with Gasteiger partial charge in [-0.2, -0.15) is 0 Å². The van der Waals surface area contributed by atoms with Gasteiger partial charge in [0.05, 0.1) is 31.4 Å². The van der Waals surface area contributed by atoms with E-state index < -0.39 is 5.60 Å². The first kappa shape index (κ1) is 15.2. The van der Waals surface area contributed by atoms with Crippen LogP contribution >= 0.6 is 0 Å². The molecule has 5 nitrogen and oxygen atoms in total. The lowest BCUT2D eigenvalue weighted by Crippen LogP contribution is -2.41. The molecule has 0 aromatic carbocycles. The third-order valence-corrected chi connectivity index (χ3v) is 2.68. The molecular weight excluding hydrogens is 234 g/mol. The molecule has 1 aliphatic rings. The van der Waals surface area contributed by atoms with Crippen molar-refractivity contribution < 1.29 is 19.4 Å². The van der Waals surface area contributed by atoms with Gasteiger partial charge in [-0.15, -0.1) is 0 Å². The van der Waals surface area contributed by atoms with E-state index in [0.29, 0.717) is 13.0 Å². The predicted octanol–water partition coefficient (Wildman–Crippen LogP) is 1.78. The highest BCUT2D eigenvalue weighted by Crippen LogP contribution is 2.23. The maximum atomic E-state index is 12.0. The van der Waals surface area contributed by atoms with Gasteiger partial charge in [0.2, 0.25) is 0 Å². The minimum Gasteiger partial charge on any atom is -0.444 e. The van der Waals surface area contributed by atoms with Crippen LogP contribution in [-0.2, 0) is 9.47 Å². The second-order valence-electron chi connectivity index (χ2n) is 6.01. The molecule has 18 heavy (non-hydrogen) atoms. The molecule has 1 amide bonds. The number of carbonyl (C=O) groups excluding carboxylic acids is 1. The number of hydrogen-bond donors (Lipinski definition) is 1. The Hall–Kier alpha value is -0.810. The molecule has 0 aromatic rings. The average molecular weight is 259 g/mol. The van der Waals surface area contributed by atoms with Crippen LogP contribution in [0.3, 0.4) is 0 Å². The number of aliphatic hydroxyl groups excluding tert-OH is 1. The topological polar surface area (TPSA) is 59.0 Å². The summed E-state index contributed by atoms with van der Waals surface area (Å²) in [6.07, 6.45) is 0.382. The smallest absolute Gasteiger partial charge is 0.410 e. The van der Waals surface area contributed by atoms with Crippen LogP contribution in [0, 0.1) is 0 Å². The molecule has 0 saturated carbocycles. The lowest BCUT2D eigenvalue weighted by atomic mass is 10.2. The minimum atomic E-state index is -0.520. The molecule has 1 fully saturated rings. The lowest BCUT2D eigenvalue weighted by Gasteiger charge is -2.27. The van der Waals surface area contributed by atoms with Gasteiger partial charge < -0.3 is 19.5 Å². The fourth-order valence-corrected chi connectivity index (χ4v) is 2.07. The molecule has 1 saturated heterocycles. The van der Waals surface area contributed by atoms with E-state index >= 15 is 0 Å². The summed E-state index contributed by atoms with van der Waals surface area (Å²) in [6.45, 7) is 9.84. The Morgan fingerprint density at radius 1 is 1.44 bits per heavy atom. The second kappa shape index (κ2) is 5.89. The highest BCUT2D eigenvalue weighted by atomic mass is 16.6. The summed E-state index contributed by atoms with van der Waals surface area (Å²) in [5.41, 5.74) is -0.520. The summed E-state index contributed by atoms with van der Waals surface area (Å²) in [5, 5.41) is 9.33. The highest BCUT2D eigenvalue weighted by Gasteiger charge is 2.37. The van der Waals surface area contributed by atoms with Gasteiger partial charge in [0.15, 0.2) is 0 Å². The second-order valence-corrected chi connectivity index (χ2v) is 6.01. The zero-order valence-electron chi connectivity index (χ0n) is 12.0. The van der Waals surface area contributed by atoms with E-state index in [-0.39, 0.29) is 30.9 Å². The molecule has 1 aliphatic heterocycles. The van der Waals surface area contributed by atoms with Crippen molar-refractivity contribution in [1.29, 1.82) is 0 Å². The van der Waals surface area contributed by atoms with E-state index in [9.17, 15) is 9.90 Å². The van der Waals surface area contributed by atoms with Gasteiger partial charge >= 0.3 is 6.09 Å². The summed E-state index contributed by atoms with van der Waals surface area (Å²) in [7, 11) is 0. The van der Waals surface area contributed by atoms with E-state index in [0.717, 1.165) is 0 Å². The van der Waals surface area contributed by atoms with Gasteiger partial charge in [-0.3, -0.25) is 0 Å². The Labute approximate surface area is 109 Å². The average Bonchev–Trinajstić information content (AvgIpc) is 2.57. The van der Waals surface area contributed by atoms with Crippen molar-refractivity contribution in [1.82, 2.24) is 4.90 Å². The molecule has 1 N–H and O–H groups in total. The number of hydrogen-bond acceptors (Lipinski definition) is 4. The standard InChI is InChI=1S/C13H25NO4/c1-9(2)17-11-6-10(8-15)14(7-11)12(16)18-13(3,4)5/h9-11,15H,6-8H2,1-5H3/t10-,11+/m0/s1. The fourth-order valence-electron chi connectivity index (χ4n) is 2.07. The van der Waals surface area contributed by atoms with Crippen molar-refractivity contribution in [2.45, 2.75) is 64.9 Å². The maximum absolute atomic E-state index is 12.0. The van der Waals surface area contributed by atoms with E-state index in [1.54, 1.807) is 4.90 Å². The van der Waals surface area contributed by atoms with Crippen molar-refractivity contribution in [3.8, 4) is 0 Å². The van der Waals surface area contributed by atoms with Crippen molar-refractivity contribution in [2.75, 3.05) is 13.2 Å². The van der Waals surface area contributed by atoms with Crippen LogP contribution in [0.25, 0.3) is 0 Å². The molecule has 0 bridgehead atoms. The van der Waals surface area contributed by atoms with Crippen LogP contribution in [-0.4, -0.2) is 53.1 Å². The van der Waals surface area contributed by atoms with E-state index in [4.69, 9.17) is 9.47 Å². The molecule has 0 aliphatic carbocycles. The summed E-state index contributed by atoms with van der Waals surface area (Å²) in [5.74, 6) is 0. The number of amides is 1. The van der Waals surface area contributed by atoms with E-state index in [2.05, 4.69) is 0 Å². The fraction of sp³-hybridized carbons (Fsp3) is 0.923. The number of aliphatic hydroxyl groups is 1. The highest BCUT2D eigenvalue weighted by molar-refractivity contribution is 5.69. The Balaban J connectivity index is 2.61. The quantitative estimate of drug-likeness (QED) is 0.839. The van der Waals surface area contributed by atoms with Crippen molar-refractivity contribution in [3.63, 3.8) is 0 Å². The van der Waals surface area contributed by atoms with Crippen LogP contribution in [0.2, 0.25) is 0 Å². The predicted molar refractivity (Wildman–Crippen MR) is 68.4 cm³/mol. The third kappa shape index (κ3) is 4.46. The SMILES string of the molecule is CC(C)O[C@@H]1C[C@@H](CO)N(C(=O)OC(C)(C)C)C1. The van der Waals surface area contributed by atoms with Crippen molar-refractivity contribution in [3.05, 3.63) is 0 Å². The third-order valence-electron chi connectivity index (χ3n) is 2.68. The monoisotopic (exact) mass is 259 g/mol. The Kier molecular flexibility index (Phi) is 4.99. The lowest BCUT2D eigenvalue weighted by molar-refractivity contribution is 0.00267. The molecule has 5 heteroatoms.